The Morgan fingerprint density at radius 2 is 1.57 bits per heavy atom. The number of fused-ring (bicyclic) bond motifs is 1. The molecule has 14 heavy (non-hydrogen) atoms. The summed E-state index contributed by atoms with van der Waals surface area (Å²) in [6, 6.07) is 0. The Hall–Kier alpha value is -1.00. The first-order valence-corrected chi connectivity index (χ1v) is 4.68. The Morgan fingerprint density at radius 3 is 2.29 bits per heavy atom. The molecule has 0 aliphatic rings. The minimum absolute atomic E-state index is 0.150. The number of halogens is 2. The Balaban J connectivity index is 2.89. The minimum atomic E-state index is 0.150. The molecule has 0 saturated heterocycles. The van der Waals surface area contributed by atoms with E-state index in [1.165, 1.54) is 0 Å². The summed E-state index contributed by atoms with van der Waals surface area (Å²) in [4.78, 5) is 8.45. The molecule has 0 unspecified atom stereocenters. The van der Waals surface area contributed by atoms with E-state index < -0.39 is 0 Å². The molecule has 0 aliphatic heterocycles. The number of rotatable bonds is 0. The molecule has 0 N–H and O–H groups in total. The van der Waals surface area contributed by atoms with Gasteiger partial charge >= 0.3 is 0 Å². The molecule has 0 spiro atoms. The van der Waals surface area contributed by atoms with E-state index in [1.54, 1.807) is 0 Å². The predicted octanol–water partition coefficient (Wildman–Crippen LogP) is 2.34. The van der Waals surface area contributed by atoms with Gasteiger partial charge in [0.1, 0.15) is 10.5 Å². The van der Waals surface area contributed by atoms with Gasteiger partial charge in [0.15, 0.2) is 5.15 Å². The van der Waals surface area contributed by atoms with Crippen LogP contribution in [0.2, 0.25) is 10.2 Å². The van der Waals surface area contributed by atoms with Gasteiger partial charge in [0.2, 0.25) is 5.65 Å². The SMILES string of the molecule is Cc1nc2nnc(Cl)c(Cl)c2nc1C. The van der Waals surface area contributed by atoms with Crippen molar-refractivity contribution >= 4 is 34.4 Å². The largest absolute Gasteiger partial charge is 0.246 e. The lowest BCUT2D eigenvalue weighted by Gasteiger charge is -2.02. The Kier molecular flexibility index (Phi) is 2.25. The third-order valence-corrected chi connectivity index (χ3v) is 2.63. The third kappa shape index (κ3) is 1.40. The fraction of sp³-hybridized carbons (Fsp3) is 0.250. The van der Waals surface area contributed by atoms with Crippen LogP contribution in [0.5, 0.6) is 0 Å². The van der Waals surface area contributed by atoms with E-state index in [9.17, 15) is 0 Å². The van der Waals surface area contributed by atoms with Crippen molar-refractivity contribution in [3.05, 3.63) is 21.6 Å². The van der Waals surface area contributed by atoms with E-state index in [-0.39, 0.29) is 5.15 Å². The summed E-state index contributed by atoms with van der Waals surface area (Å²) in [5.41, 5.74) is 2.53. The number of nitrogens with zero attached hydrogens (tertiary/aromatic N) is 4. The lowest BCUT2D eigenvalue weighted by atomic mass is 10.3. The molecule has 0 bridgehead atoms. The van der Waals surface area contributed by atoms with E-state index in [4.69, 9.17) is 23.2 Å². The molecule has 0 radical (unpaired) electrons. The van der Waals surface area contributed by atoms with Crippen LogP contribution in [0, 0.1) is 13.8 Å². The number of aromatic nitrogens is 4. The normalized spacial score (nSPS) is 10.9. The van der Waals surface area contributed by atoms with Gasteiger partial charge in [-0.15, -0.1) is 10.2 Å². The molecule has 72 valence electrons. The van der Waals surface area contributed by atoms with Crippen molar-refractivity contribution in [2.24, 2.45) is 0 Å². The van der Waals surface area contributed by atoms with E-state index >= 15 is 0 Å². The van der Waals surface area contributed by atoms with Gasteiger partial charge < -0.3 is 0 Å². The molecule has 0 saturated carbocycles. The van der Waals surface area contributed by atoms with Crippen LogP contribution in [0.3, 0.4) is 0 Å². The van der Waals surface area contributed by atoms with E-state index in [0.29, 0.717) is 16.2 Å². The zero-order valence-electron chi connectivity index (χ0n) is 7.54. The highest BCUT2D eigenvalue weighted by Gasteiger charge is 2.10. The third-order valence-electron chi connectivity index (χ3n) is 1.91. The highest BCUT2D eigenvalue weighted by molar-refractivity contribution is 6.43. The predicted molar refractivity (Wildman–Crippen MR) is 54.6 cm³/mol. The smallest absolute Gasteiger partial charge is 0.202 e. The first-order chi connectivity index (χ1) is 6.59. The van der Waals surface area contributed by atoms with Gasteiger partial charge in [-0.05, 0) is 13.8 Å². The standard InChI is InChI=1S/C8H6Cl2N4/c1-3-4(2)12-8-6(11-3)5(9)7(10)13-14-8/h1-2H3. The maximum absolute atomic E-state index is 5.91. The molecule has 2 aromatic heterocycles. The van der Waals surface area contributed by atoms with Crippen LogP contribution < -0.4 is 0 Å². The molecule has 0 fully saturated rings. The molecule has 2 rings (SSSR count). The van der Waals surface area contributed by atoms with Crippen LogP contribution in [0.1, 0.15) is 11.4 Å². The second-order valence-corrected chi connectivity index (χ2v) is 3.61. The van der Waals surface area contributed by atoms with Crippen molar-refractivity contribution in [3.63, 3.8) is 0 Å². The first-order valence-electron chi connectivity index (χ1n) is 3.92. The van der Waals surface area contributed by atoms with Gasteiger partial charge in [-0.3, -0.25) is 0 Å². The molecule has 2 aromatic rings. The second kappa shape index (κ2) is 3.29. The molecule has 0 amide bonds. The lowest BCUT2D eigenvalue weighted by molar-refractivity contribution is 1.01. The van der Waals surface area contributed by atoms with Crippen LogP contribution >= 0.6 is 23.2 Å². The minimum Gasteiger partial charge on any atom is -0.246 e. The monoisotopic (exact) mass is 228 g/mol. The van der Waals surface area contributed by atoms with Crippen molar-refractivity contribution in [3.8, 4) is 0 Å². The zero-order chi connectivity index (χ0) is 10.3. The molecule has 2 heterocycles. The van der Waals surface area contributed by atoms with Crippen molar-refractivity contribution < 1.29 is 0 Å². The van der Waals surface area contributed by atoms with Crippen LogP contribution in [-0.2, 0) is 0 Å². The number of hydrogen-bond donors (Lipinski definition) is 0. The maximum Gasteiger partial charge on any atom is 0.202 e. The lowest BCUT2D eigenvalue weighted by Crippen LogP contribution is -1.98. The summed E-state index contributed by atoms with van der Waals surface area (Å²) in [5.74, 6) is 0. The molecule has 0 atom stereocenters. The summed E-state index contributed by atoms with van der Waals surface area (Å²) in [6.45, 7) is 3.71. The van der Waals surface area contributed by atoms with Gasteiger partial charge in [-0.25, -0.2) is 9.97 Å². The molecular weight excluding hydrogens is 223 g/mol. The Labute approximate surface area is 90.3 Å². The van der Waals surface area contributed by atoms with E-state index in [1.807, 2.05) is 13.8 Å². The average Bonchev–Trinajstić information content (AvgIpc) is 2.15. The topological polar surface area (TPSA) is 51.6 Å². The molecule has 0 aliphatic carbocycles. The van der Waals surface area contributed by atoms with E-state index in [0.717, 1.165) is 11.4 Å². The summed E-state index contributed by atoms with van der Waals surface area (Å²) >= 11 is 11.6. The zero-order valence-corrected chi connectivity index (χ0v) is 9.06. The van der Waals surface area contributed by atoms with Gasteiger partial charge in [0.25, 0.3) is 0 Å². The first kappa shape index (κ1) is 9.55. The summed E-state index contributed by atoms with van der Waals surface area (Å²) in [7, 11) is 0. The maximum atomic E-state index is 5.91. The van der Waals surface area contributed by atoms with Crippen molar-refractivity contribution in [1.82, 2.24) is 20.2 Å². The van der Waals surface area contributed by atoms with Crippen molar-refractivity contribution in [2.45, 2.75) is 13.8 Å². The number of aryl methyl sites for hydroxylation is 2. The Morgan fingerprint density at radius 1 is 0.929 bits per heavy atom. The molecule has 0 aromatic carbocycles. The van der Waals surface area contributed by atoms with Crippen LogP contribution in [0.4, 0.5) is 0 Å². The summed E-state index contributed by atoms with van der Waals surface area (Å²) < 4.78 is 0. The highest BCUT2D eigenvalue weighted by Crippen LogP contribution is 2.25. The van der Waals surface area contributed by atoms with E-state index in [2.05, 4.69) is 20.2 Å². The Bertz CT molecular complexity index is 512. The summed E-state index contributed by atoms with van der Waals surface area (Å²) in [6.07, 6.45) is 0. The summed E-state index contributed by atoms with van der Waals surface area (Å²) in [5, 5.41) is 7.91. The molecule has 6 heteroatoms. The fourth-order valence-corrected chi connectivity index (χ4v) is 1.33. The van der Waals surface area contributed by atoms with Gasteiger partial charge in [-0.1, -0.05) is 23.2 Å². The van der Waals surface area contributed by atoms with Crippen LogP contribution in [-0.4, -0.2) is 20.2 Å². The number of hydrogen-bond acceptors (Lipinski definition) is 4. The van der Waals surface area contributed by atoms with Crippen molar-refractivity contribution in [2.75, 3.05) is 0 Å². The van der Waals surface area contributed by atoms with Gasteiger partial charge in [0.05, 0.1) is 11.4 Å². The van der Waals surface area contributed by atoms with Gasteiger partial charge in [-0.2, -0.15) is 0 Å². The fourth-order valence-electron chi connectivity index (χ4n) is 1.04. The second-order valence-electron chi connectivity index (χ2n) is 2.87. The van der Waals surface area contributed by atoms with Gasteiger partial charge in [0, 0.05) is 0 Å². The quantitative estimate of drug-likeness (QED) is 0.695. The molecule has 4 nitrogen and oxygen atoms in total. The van der Waals surface area contributed by atoms with Crippen LogP contribution in [0.25, 0.3) is 11.2 Å². The van der Waals surface area contributed by atoms with Crippen molar-refractivity contribution in [1.29, 1.82) is 0 Å². The molecular formula is C8H6Cl2N4. The highest BCUT2D eigenvalue weighted by atomic mass is 35.5. The van der Waals surface area contributed by atoms with Crippen LogP contribution in [0.15, 0.2) is 0 Å². The average molecular weight is 229 g/mol.